The fourth-order valence-corrected chi connectivity index (χ4v) is 2.74. The van der Waals surface area contributed by atoms with Gasteiger partial charge in [-0.25, -0.2) is 0 Å². The normalized spacial score (nSPS) is 22.9. The van der Waals surface area contributed by atoms with Gasteiger partial charge in [-0.15, -0.1) is 0 Å². The molecular weight excluding hydrogens is 216 g/mol. The molecule has 0 radical (unpaired) electrons. The number of nitrogens with one attached hydrogen (secondary N) is 2. The molecular formula is C8H20N4O2S. The Morgan fingerprint density at radius 3 is 2.20 bits per heavy atom. The Bertz CT molecular complexity index is 285. The summed E-state index contributed by atoms with van der Waals surface area (Å²) in [6.45, 7) is 4.46. The van der Waals surface area contributed by atoms with E-state index in [0.29, 0.717) is 13.1 Å². The molecule has 0 saturated carbocycles. The van der Waals surface area contributed by atoms with Crippen LogP contribution in [0.1, 0.15) is 6.92 Å². The number of likely N-dealkylation sites (N-methyl/N-ethyl adjacent to an activating group) is 1. The van der Waals surface area contributed by atoms with Gasteiger partial charge in [-0.1, -0.05) is 0 Å². The SMILES string of the molecule is CNC(C)NS(=O)(=O)N1CCN(C)CC1. The van der Waals surface area contributed by atoms with Crippen LogP contribution in [0, 0.1) is 0 Å². The second-order valence-electron chi connectivity index (χ2n) is 3.84. The number of nitrogens with zero attached hydrogens (tertiary/aromatic N) is 2. The van der Waals surface area contributed by atoms with Gasteiger partial charge in [0.1, 0.15) is 0 Å². The molecule has 0 aromatic rings. The highest BCUT2D eigenvalue weighted by atomic mass is 32.2. The highest BCUT2D eigenvalue weighted by molar-refractivity contribution is 7.87. The molecule has 15 heavy (non-hydrogen) atoms. The summed E-state index contributed by atoms with van der Waals surface area (Å²) in [7, 11) is 0.389. The van der Waals surface area contributed by atoms with Crippen LogP contribution < -0.4 is 10.0 Å². The van der Waals surface area contributed by atoms with Gasteiger partial charge >= 0.3 is 0 Å². The van der Waals surface area contributed by atoms with Crippen molar-refractivity contribution in [2.75, 3.05) is 40.3 Å². The Morgan fingerprint density at radius 1 is 1.20 bits per heavy atom. The molecule has 0 aliphatic carbocycles. The third-order valence-electron chi connectivity index (χ3n) is 2.56. The van der Waals surface area contributed by atoms with Crippen LogP contribution in [-0.4, -0.2) is 64.1 Å². The van der Waals surface area contributed by atoms with Gasteiger partial charge in [0, 0.05) is 26.2 Å². The minimum atomic E-state index is -3.32. The first-order chi connectivity index (χ1) is 6.95. The lowest BCUT2D eigenvalue weighted by molar-refractivity contribution is 0.220. The molecule has 0 aromatic heterocycles. The molecule has 1 unspecified atom stereocenters. The van der Waals surface area contributed by atoms with E-state index in [1.54, 1.807) is 14.0 Å². The van der Waals surface area contributed by atoms with Crippen LogP contribution >= 0.6 is 0 Å². The Labute approximate surface area is 91.8 Å². The first-order valence-corrected chi connectivity index (χ1v) is 6.53. The standard InChI is InChI=1S/C8H20N4O2S/c1-8(9-2)10-15(13,14)12-6-4-11(3)5-7-12/h8-10H,4-7H2,1-3H3. The quantitative estimate of drug-likeness (QED) is 0.591. The fraction of sp³-hybridized carbons (Fsp3) is 1.00. The molecule has 1 fully saturated rings. The van der Waals surface area contributed by atoms with E-state index in [-0.39, 0.29) is 6.17 Å². The van der Waals surface area contributed by atoms with Gasteiger partial charge in [-0.3, -0.25) is 0 Å². The summed E-state index contributed by atoms with van der Waals surface area (Å²) < 4.78 is 27.7. The topological polar surface area (TPSA) is 64.7 Å². The molecule has 1 saturated heterocycles. The first-order valence-electron chi connectivity index (χ1n) is 5.09. The molecule has 1 aliphatic rings. The summed E-state index contributed by atoms with van der Waals surface area (Å²) in [5.41, 5.74) is 0. The van der Waals surface area contributed by atoms with Crippen molar-refractivity contribution in [3.63, 3.8) is 0 Å². The molecule has 6 nitrogen and oxygen atoms in total. The second kappa shape index (κ2) is 5.22. The maximum Gasteiger partial charge on any atom is 0.280 e. The van der Waals surface area contributed by atoms with Crippen molar-refractivity contribution in [1.82, 2.24) is 19.2 Å². The highest BCUT2D eigenvalue weighted by Crippen LogP contribution is 2.04. The zero-order valence-electron chi connectivity index (χ0n) is 9.52. The Hall–Kier alpha value is -0.210. The second-order valence-corrected chi connectivity index (χ2v) is 5.54. The van der Waals surface area contributed by atoms with Crippen LogP contribution in [0.25, 0.3) is 0 Å². The molecule has 1 rings (SSSR count). The molecule has 1 aliphatic heterocycles. The fourth-order valence-electron chi connectivity index (χ4n) is 1.39. The minimum Gasteiger partial charge on any atom is -0.304 e. The lowest BCUT2D eigenvalue weighted by Crippen LogP contribution is -2.54. The summed E-state index contributed by atoms with van der Waals surface area (Å²) >= 11 is 0. The highest BCUT2D eigenvalue weighted by Gasteiger charge is 2.26. The Morgan fingerprint density at radius 2 is 1.73 bits per heavy atom. The van der Waals surface area contributed by atoms with Crippen LogP contribution in [0.5, 0.6) is 0 Å². The summed E-state index contributed by atoms with van der Waals surface area (Å²) in [5, 5.41) is 2.84. The zero-order valence-corrected chi connectivity index (χ0v) is 10.3. The molecule has 0 spiro atoms. The van der Waals surface area contributed by atoms with Crippen molar-refractivity contribution in [2.45, 2.75) is 13.1 Å². The van der Waals surface area contributed by atoms with Crippen LogP contribution in [-0.2, 0) is 10.2 Å². The zero-order chi connectivity index (χ0) is 11.5. The molecule has 90 valence electrons. The van der Waals surface area contributed by atoms with E-state index in [9.17, 15) is 8.42 Å². The molecule has 7 heteroatoms. The molecule has 1 atom stereocenters. The Balaban J connectivity index is 2.54. The van der Waals surface area contributed by atoms with E-state index in [0.717, 1.165) is 13.1 Å². The minimum absolute atomic E-state index is 0.241. The summed E-state index contributed by atoms with van der Waals surface area (Å²) in [6, 6.07) is 0. The van der Waals surface area contributed by atoms with Gasteiger partial charge in [0.15, 0.2) is 0 Å². The van der Waals surface area contributed by atoms with Gasteiger partial charge in [0.25, 0.3) is 10.2 Å². The molecule has 2 N–H and O–H groups in total. The predicted octanol–water partition coefficient (Wildman–Crippen LogP) is -1.37. The van der Waals surface area contributed by atoms with E-state index < -0.39 is 10.2 Å². The third-order valence-corrected chi connectivity index (χ3v) is 4.26. The van der Waals surface area contributed by atoms with Gasteiger partial charge < -0.3 is 10.2 Å². The average Bonchev–Trinajstić information content (AvgIpc) is 2.17. The van der Waals surface area contributed by atoms with Crippen molar-refractivity contribution in [3.05, 3.63) is 0 Å². The largest absolute Gasteiger partial charge is 0.304 e. The maximum atomic E-state index is 11.8. The predicted molar refractivity (Wildman–Crippen MR) is 59.6 cm³/mol. The van der Waals surface area contributed by atoms with E-state index in [4.69, 9.17) is 0 Å². The number of hydrogen-bond acceptors (Lipinski definition) is 4. The third kappa shape index (κ3) is 3.69. The van der Waals surface area contributed by atoms with Crippen molar-refractivity contribution in [1.29, 1.82) is 0 Å². The van der Waals surface area contributed by atoms with Gasteiger partial charge in [-0.05, 0) is 21.0 Å². The van der Waals surface area contributed by atoms with E-state index >= 15 is 0 Å². The van der Waals surface area contributed by atoms with Crippen LogP contribution in [0.3, 0.4) is 0 Å². The average molecular weight is 236 g/mol. The first kappa shape index (κ1) is 12.9. The monoisotopic (exact) mass is 236 g/mol. The van der Waals surface area contributed by atoms with Gasteiger partial charge in [-0.2, -0.15) is 17.4 Å². The molecule has 0 bridgehead atoms. The molecule has 1 heterocycles. The van der Waals surface area contributed by atoms with E-state index in [2.05, 4.69) is 14.9 Å². The van der Waals surface area contributed by atoms with E-state index in [1.165, 1.54) is 4.31 Å². The van der Waals surface area contributed by atoms with Crippen molar-refractivity contribution in [3.8, 4) is 0 Å². The Kier molecular flexibility index (Phi) is 4.47. The molecule has 0 aromatic carbocycles. The summed E-state index contributed by atoms with van der Waals surface area (Å²) in [4.78, 5) is 2.12. The van der Waals surface area contributed by atoms with Crippen molar-refractivity contribution < 1.29 is 8.42 Å². The number of rotatable bonds is 4. The van der Waals surface area contributed by atoms with Crippen LogP contribution in [0.4, 0.5) is 0 Å². The van der Waals surface area contributed by atoms with Gasteiger partial charge in [0.2, 0.25) is 0 Å². The maximum absolute atomic E-state index is 11.8. The summed E-state index contributed by atoms with van der Waals surface area (Å²) in [5.74, 6) is 0. The number of hydrogen-bond donors (Lipinski definition) is 2. The lowest BCUT2D eigenvalue weighted by Gasteiger charge is -2.32. The smallest absolute Gasteiger partial charge is 0.280 e. The van der Waals surface area contributed by atoms with Crippen LogP contribution in [0.15, 0.2) is 0 Å². The molecule has 0 amide bonds. The van der Waals surface area contributed by atoms with Crippen molar-refractivity contribution >= 4 is 10.2 Å². The lowest BCUT2D eigenvalue weighted by atomic mass is 10.4. The van der Waals surface area contributed by atoms with Crippen LogP contribution in [0.2, 0.25) is 0 Å². The van der Waals surface area contributed by atoms with Crippen molar-refractivity contribution in [2.24, 2.45) is 0 Å². The van der Waals surface area contributed by atoms with Gasteiger partial charge in [0.05, 0.1) is 6.17 Å². The number of piperazine rings is 1. The summed E-state index contributed by atoms with van der Waals surface area (Å²) in [6.07, 6.45) is -0.241. The van der Waals surface area contributed by atoms with E-state index in [1.807, 2.05) is 7.05 Å².